The number of Topliss-reactive ketones (excluding diaryl/α,β-unsaturated/α-hetero) is 1. The summed E-state index contributed by atoms with van der Waals surface area (Å²) < 4.78 is 0. The van der Waals surface area contributed by atoms with Crippen molar-refractivity contribution >= 4 is 17.4 Å². The lowest BCUT2D eigenvalue weighted by atomic mass is 9.80. The molecule has 0 unspecified atom stereocenters. The third-order valence-corrected chi connectivity index (χ3v) is 2.56. The SMILES string of the molecule is CC.CC1(C)C(=O)Nc2ccccc2C1=O. The van der Waals surface area contributed by atoms with E-state index >= 15 is 0 Å². The summed E-state index contributed by atoms with van der Waals surface area (Å²) >= 11 is 0. The molecule has 1 amide bonds. The molecule has 1 aromatic carbocycles. The highest BCUT2D eigenvalue weighted by molar-refractivity contribution is 6.23. The van der Waals surface area contributed by atoms with E-state index in [1.54, 1.807) is 38.1 Å². The van der Waals surface area contributed by atoms with E-state index in [4.69, 9.17) is 0 Å². The fourth-order valence-corrected chi connectivity index (χ4v) is 1.51. The van der Waals surface area contributed by atoms with E-state index in [0.717, 1.165) is 0 Å². The molecule has 0 bridgehead atoms. The van der Waals surface area contributed by atoms with Crippen LogP contribution in [0.25, 0.3) is 0 Å². The predicted molar refractivity (Wildman–Crippen MR) is 64.5 cm³/mol. The first-order chi connectivity index (χ1) is 7.53. The maximum absolute atomic E-state index is 11.9. The Morgan fingerprint density at radius 2 is 1.62 bits per heavy atom. The highest BCUT2D eigenvalue weighted by Crippen LogP contribution is 2.32. The van der Waals surface area contributed by atoms with E-state index in [-0.39, 0.29) is 11.7 Å². The van der Waals surface area contributed by atoms with Crippen molar-refractivity contribution in [3.8, 4) is 0 Å². The number of para-hydroxylation sites is 1. The van der Waals surface area contributed by atoms with Crippen LogP contribution < -0.4 is 5.32 Å². The summed E-state index contributed by atoms with van der Waals surface area (Å²) in [7, 11) is 0. The van der Waals surface area contributed by atoms with E-state index in [9.17, 15) is 9.59 Å². The van der Waals surface area contributed by atoms with Crippen molar-refractivity contribution in [1.82, 2.24) is 0 Å². The first-order valence-electron chi connectivity index (χ1n) is 5.49. The fraction of sp³-hybridized carbons (Fsp3) is 0.385. The maximum atomic E-state index is 11.9. The number of rotatable bonds is 0. The standard InChI is InChI=1S/C11H11NO2.C2H6/c1-11(2)9(13)7-5-3-4-6-8(7)12-10(11)14;1-2/h3-6H,1-2H3,(H,12,14);1-2H3. The Morgan fingerprint density at radius 3 is 2.25 bits per heavy atom. The number of ketones is 1. The second-order valence-electron chi connectivity index (χ2n) is 3.95. The molecule has 1 heterocycles. The van der Waals surface area contributed by atoms with Gasteiger partial charge in [0.1, 0.15) is 5.41 Å². The van der Waals surface area contributed by atoms with Crippen molar-refractivity contribution in [1.29, 1.82) is 0 Å². The maximum Gasteiger partial charge on any atom is 0.237 e. The third-order valence-electron chi connectivity index (χ3n) is 2.56. The summed E-state index contributed by atoms with van der Waals surface area (Å²) in [6, 6.07) is 7.06. The van der Waals surface area contributed by atoms with Gasteiger partial charge >= 0.3 is 0 Å². The van der Waals surface area contributed by atoms with Gasteiger partial charge in [-0.1, -0.05) is 26.0 Å². The highest BCUT2D eigenvalue weighted by Gasteiger charge is 2.41. The molecule has 0 radical (unpaired) electrons. The summed E-state index contributed by atoms with van der Waals surface area (Å²) in [6.07, 6.45) is 0. The zero-order valence-corrected chi connectivity index (χ0v) is 10.1. The number of carbonyl (C=O) groups excluding carboxylic acids is 2. The quantitative estimate of drug-likeness (QED) is 0.682. The predicted octanol–water partition coefficient (Wildman–Crippen LogP) is 2.87. The van der Waals surface area contributed by atoms with Gasteiger partial charge in [-0.05, 0) is 26.0 Å². The Balaban J connectivity index is 0.000000606. The minimum absolute atomic E-state index is 0.114. The number of amides is 1. The molecule has 0 fully saturated rings. The Hall–Kier alpha value is -1.64. The van der Waals surface area contributed by atoms with Gasteiger partial charge in [0.25, 0.3) is 0 Å². The van der Waals surface area contributed by atoms with Gasteiger partial charge in [-0.25, -0.2) is 0 Å². The first kappa shape index (κ1) is 12.4. The lowest BCUT2D eigenvalue weighted by Crippen LogP contribution is -2.42. The highest BCUT2D eigenvalue weighted by atomic mass is 16.2. The molecule has 0 atom stereocenters. The monoisotopic (exact) mass is 219 g/mol. The summed E-state index contributed by atoms with van der Waals surface area (Å²) in [6.45, 7) is 7.28. The smallest absolute Gasteiger partial charge is 0.237 e. The molecular formula is C13H17NO2. The zero-order chi connectivity index (χ0) is 12.3. The molecule has 0 spiro atoms. The molecule has 0 aliphatic carbocycles. The van der Waals surface area contributed by atoms with Crippen LogP contribution in [0, 0.1) is 5.41 Å². The molecule has 0 saturated heterocycles. The van der Waals surface area contributed by atoms with Crippen LogP contribution in [0.1, 0.15) is 38.1 Å². The van der Waals surface area contributed by atoms with E-state index in [2.05, 4.69) is 5.32 Å². The van der Waals surface area contributed by atoms with Crippen LogP contribution in [0.4, 0.5) is 5.69 Å². The van der Waals surface area contributed by atoms with Crippen LogP contribution in [0.15, 0.2) is 24.3 Å². The number of carbonyl (C=O) groups is 2. The molecule has 3 nitrogen and oxygen atoms in total. The van der Waals surface area contributed by atoms with E-state index in [0.29, 0.717) is 11.3 Å². The summed E-state index contributed by atoms with van der Waals surface area (Å²) in [4.78, 5) is 23.4. The van der Waals surface area contributed by atoms with Gasteiger partial charge in [0.15, 0.2) is 5.78 Å². The minimum Gasteiger partial charge on any atom is -0.325 e. The van der Waals surface area contributed by atoms with Crippen LogP contribution in [0.3, 0.4) is 0 Å². The van der Waals surface area contributed by atoms with Crippen LogP contribution in [-0.2, 0) is 4.79 Å². The van der Waals surface area contributed by atoms with Crippen LogP contribution in [-0.4, -0.2) is 11.7 Å². The average Bonchev–Trinajstić information content (AvgIpc) is 2.30. The minimum atomic E-state index is -0.950. The topological polar surface area (TPSA) is 46.2 Å². The normalized spacial score (nSPS) is 16.8. The molecule has 0 aromatic heterocycles. The third kappa shape index (κ3) is 1.85. The number of fused-ring (bicyclic) bond motifs is 1. The lowest BCUT2D eigenvalue weighted by molar-refractivity contribution is -0.122. The van der Waals surface area contributed by atoms with E-state index in [1.165, 1.54) is 0 Å². The number of hydrogen-bond acceptors (Lipinski definition) is 2. The molecular weight excluding hydrogens is 202 g/mol. The number of nitrogens with one attached hydrogen (secondary N) is 1. The lowest BCUT2D eigenvalue weighted by Gasteiger charge is -2.28. The van der Waals surface area contributed by atoms with Crippen LogP contribution >= 0.6 is 0 Å². The Morgan fingerprint density at radius 1 is 1.06 bits per heavy atom. The first-order valence-corrected chi connectivity index (χ1v) is 5.49. The van der Waals surface area contributed by atoms with Gasteiger partial charge in [0.05, 0.1) is 5.69 Å². The largest absolute Gasteiger partial charge is 0.325 e. The van der Waals surface area contributed by atoms with Gasteiger partial charge in [0, 0.05) is 5.56 Å². The van der Waals surface area contributed by atoms with Crippen molar-refractivity contribution in [2.45, 2.75) is 27.7 Å². The van der Waals surface area contributed by atoms with E-state index < -0.39 is 5.41 Å². The molecule has 0 saturated carbocycles. The molecule has 1 aliphatic heterocycles. The molecule has 1 N–H and O–H groups in total. The molecule has 86 valence electrons. The van der Waals surface area contributed by atoms with Gasteiger partial charge in [-0.3, -0.25) is 9.59 Å². The number of benzene rings is 1. The van der Waals surface area contributed by atoms with Crippen molar-refractivity contribution in [3.05, 3.63) is 29.8 Å². The molecule has 16 heavy (non-hydrogen) atoms. The van der Waals surface area contributed by atoms with Crippen molar-refractivity contribution in [2.24, 2.45) is 5.41 Å². The number of anilines is 1. The Labute approximate surface area is 95.9 Å². The second-order valence-corrected chi connectivity index (χ2v) is 3.95. The van der Waals surface area contributed by atoms with Gasteiger partial charge in [0.2, 0.25) is 5.91 Å². The molecule has 1 aliphatic rings. The summed E-state index contributed by atoms with van der Waals surface area (Å²) in [5.74, 6) is -0.349. The average molecular weight is 219 g/mol. The van der Waals surface area contributed by atoms with Crippen molar-refractivity contribution in [2.75, 3.05) is 5.32 Å². The zero-order valence-electron chi connectivity index (χ0n) is 10.1. The fourth-order valence-electron chi connectivity index (χ4n) is 1.51. The van der Waals surface area contributed by atoms with Crippen LogP contribution in [0.2, 0.25) is 0 Å². The van der Waals surface area contributed by atoms with Gasteiger partial charge < -0.3 is 5.32 Å². The Kier molecular flexibility index (Phi) is 3.48. The second kappa shape index (κ2) is 4.47. The van der Waals surface area contributed by atoms with Gasteiger partial charge in [-0.2, -0.15) is 0 Å². The molecule has 3 heteroatoms. The number of hydrogen-bond donors (Lipinski definition) is 1. The molecule has 1 aromatic rings. The summed E-state index contributed by atoms with van der Waals surface area (Å²) in [5, 5.41) is 2.72. The van der Waals surface area contributed by atoms with E-state index in [1.807, 2.05) is 13.8 Å². The molecule has 2 rings (SSSR count). The summed E-state index contributed by atoms with van der Waals surface area (Å²) in [5.41, 5.74) is 0.257. The van der Waals surface area contributed by atoms with Crippen molar-refractivity contribution in [3.63, 3.8) is 0 Å². The van der Waals surface area contributed by atoms with Crippen molar-refractivity contribution < 1.29 is 9.59 Å². The van der Waals surface area contributed by atoms with Crippen LogP contribution in [0.5, 0.6) is 0 Å². The van der Waals surface area contributed by atoms with Gasteiger partial charge in [-0.15, -0.1) is 0 Å². The Bertz CT molecular complexity index is 422.